The summed E-state index contributed by atoms with van der Waals surface area (Å²) < 4.78 is 19.0. The van der Waals surface area contributed by atoms with E-state index in [-0.39, 0.29) is 25.1 Å². The van der Waals surface area contributed by atoms with Gasteiger partial charge in [-0.3, -0.25) is 4.79 Å². The van der Waals surface area contributed by atoms with E-state index in [1.54, 1.807) is 31.2 Å². The minimum absolute atomic E-state index is 0.105. The van der Waals surface area contributed by atoms with Crippen LogP contribution in [0.25, 0.3) is 11.1 Å². The predicted octanol–water partition coefficient (Wildman–Crippen LogP) is 2.63. The number of aromatic nitrogens is 3. The number of carbonyl (C=O) groups excluding carboxylic acids is 2. The van der Waals surface area contributed by atoms with Gasteiger partial charge < -0.3 is 20.4 Å². The van der Waals surface area contributed by atoms with Crippen LogP contribution in [0, 0.1) is 5.82 Å². The number of amides is 1. The van der Waals surface area contributed by atoms with Crippen molar-refractivity contribution in [2.45, 2.75) is 31.9 Å². The van der Waals surface area contributed by atoms with Crippen LogP contribution in [-0.4, -0.2) is 56.1 Å². The molecule has 1 amide bonds. The fourth-order valence-corrected chi connectivity index (χ4v) is 3.41. The number of benzene rings is 2. The maximum atomic E-state index is 14.1. The Morgan fingerprint density at radius 2 is 1.97 bits per heavy atom. The van der Waals surface area contributed by atoms with Crippen molar-refractivity contribution >= 4 is 23.5 Å². The van der Waals surface area contributed by atoms with Gasteiger partial charge in [-0.15, -0.1) is 5.10 Å². The summed E-state index contributed by atoms with van der Waals surface area (Å²) in [5.74, 6) is -1.86. The van der Waals surface area contributed by atoms with Crippen molar-refractivity contribution < 1.29 is 29.0 Å². The van der Waals surface area contributed by atoms with Crippen LogP contribution in [0.5, 0.6) is 0 Å². The third-order valence-corrected chi connectivity index (χ3v) is 5.03. The number of carbonyl (C=O) groups is 2. The summed E-state index contributed by atoms with van der Waals surface area (Å²) in [7, 11) is 0. The van der Waals surface area contributed by atoms with Crippen LogP contribution in [0.15, 0.2) is 48.7 Å². The Hall–Kier alpha value is -3.50. The van der Waals surface area contributed by atoms with Crippen LogP contribution < -0.4 is 5.32 Å². The van der Waals surface area contributed by atoms with Crippen LogP contribution in [0.3, 0.4) is 0 Å². The van der Waals surface area contributed by atoms with Crippen molar-refractivity contribution in [3.8, 4) is 11.1 Å². The number of nitrogens with zero attached hydrogens (tertiary/aromatic N) is 3. The third kappa shape index (κ3) is 6.50. The van der Waals surface area contributed by atoms with Gasteiger partial charge in [0.25, 0.3) is 5.91 Å². The lowest BCUT2D eigenvalue weighted by molar-refractivity contribution is -0.153. The summed E-state index contributed by atoms with van der Waals surface area (Å²) in [5.41, 5.74) is 1.59. The van der Waals surface area contributed by atoms with Gasteiger partial charge in [-0.25, -0.2) is 9.18 Å². The lowest BCUT2D eigenvalue weighted by atomic mass is 9.97. The van der Waals surface area contributed by atoms with Gasteiger partial charge in [0, 0.05) is 23.0 Å². The highest BCUT2D eigenvalue weighted by Gasteiger charge is 2.25. The third-order valence-electron chi connectivity index (χ3n) is 4.79. The number of esters is 1. The first-order valence-corrected chi connectivity index (χ1v) is 10.5. The molecule has 0 aliphatic carbocycles. The molecule has 0 saturated heterocycles. The number of halogens is 2. The molecule has 0 aliphatic heterocycles. The second kappa shape index (κ2) is 10.9. The fraction of sp³-hybridized carbons (Fsp3) is 0.273. The Labute approximate surface area is 193 Å². The molecule has 0 bridgehead atoms. The molecule has 3 rings (SSSR count). The lowest BCUT2D eigenvalue weighted by Gasteiger charge is -2.21. The van der Waals surface area contributed by atoms with Gasteiger partial charge in [0.1, 0.15) is 5.82 Å². The van der Waals surface area contributed by atoms with Crippen molar-refractivity contribution in [3.63, 3.8) is 0 Å². The smallest absolute Gasteiger partial charge is 0.335 e. The molecule has 3 N–H and O–H groups in total. The molecule has 0 unspecified atom stereocenters. The van der Waals surface area contributed by atoms with E-state index in [0.717, 1.165) is 11.8 Å². The molecule has 2 atom stereocenters. The Kier molecular flexibility index (Phi) is 7.96. The number of aliphatic hydroxyl groups excluding tert-OH is 1. The fourth-order valence-electron chi connectivity index (χ4n) is 3.24. The monoisotopic (exact) mass is 476 g/mol. The minimum Gasteiger partial charge on any atom is -0.464 e. The average Bonchev–Trinajstić information content (AvgIpc) is 3.22. The second-order valence-electron chi connectivity index (χ2n) is 7.22. The molecule has 2 aromatic carbocycles. The van der Waals surface area contributed by atoms with Crippen LogP contribution in [-0.2, 0) is 16.0 Å². The molecular weight excluding hydrogens is 455 g/mol. The summed E-state index contributed by atoms with van der Waals surface area (Å²) in [6, 6.07) is 10.5. The zero-order valence-electron chi connectivity index (χ0n) is 17.6. The van der Waals surface area contributed by atoms with Crippen LogP contribution in [0.2, 0.25) is 5.02 Å². The van der Waals surface area contributed by atoms with Gasteiger partial charge in [0.05, 0.1) is 12.8 Å². The Morgan fingerprint density at radius 3 is 2.61 bits per heavy atom. The quantitative estimate of drug-likeness (QED) is 0.320. The molecule has 9 nitrogen and oxygen atoms in total. The van der Waals surface area contributed by atoms with Crippen molar-refractivity contribution in [3.05, 3.63) is 70.8 Å². The molecule has 0 saturated carbocycles. The van der Waals surface area contributed by atoms with Crippen molar-refractivity contribution in [1.82, 2.24) is 20.5 Å². The van der Waals surface area contributed by atoms with E-state index < -0.39 is 29.8 Å². The SMILES string of the molecule is CCOC(=O)[C@H](O)C[C@@H](Cc1ccc(-c2cc(Cl)ccc2F)cc1)NC(=O)c1cn(O)nn1. The Morgan fingerprint density at radius 1 is 1.24 bits per heavy atom. The predicted molar refractivity (Wildman–Crippen MR) is 116 cm³/mol. The molecule has 174 valence electrons. The Balaban J connectivity index is 1.77. The number of rotatable bonds is 9. The van der Waals surface area contributed by atoms with E-state index >= 15 is 0 Å². The summed E-state index contributed by atoms with van der Waals surface area (Å²) >= 11 is 5.97. The van der Waals surface area contributed by atoms with E-state index in [1.807, 2.05) is 0 Å². The zero-order valence-corrected chi connectivity index (χ0v) is 18.4. The number of nitrogens with one attached hydrogen (secondary N) is 1. The van der Waals surface area contributed by atoms with Crippen LogP contribution in [0.1, 0.15) is 29.4 Å². The van der Waals surface area contributed by atoms with Crippen molar-refractivity contribution in [2.75, 3.05) is 6.61 Å². The van der Waals surface area contributed by atoms with Gasteiger partial charge in [-0.2, -0.15) is 0 Å². The molecule has 0 spiro atoms. The highest BCUT2D eigenvalue weighted by atomic mass is 35.5. The van der Waals surface area contributed by atoms with Crippen molar-refractivity contribution in [2.24, 2.45) is 0 Å². The number of hydrogen-bond donors (Lipinski definition) is 3. The van der Waals surface area contributed by atoms with Gasteiger partial charge in [-0.05, 0) is 47.9 Å². The van der Waals surface area contributed by atoms with Gasteiger partial charge in [-0.1, -0.05) is 40.7 Å². The summed E-state index contributed by atoms with van der Waals surface area (Å²) in [4.78, 5) is 24.7. The first-order valence-electron chi connectivity index (χ1n) is 10.1. The molecule has 3 aromatic rings. The molecule has 0 aliphatic rings. The summed E-state index contributed by atoms with van der Waals surface area (Å²) in [6.07, 6.45) is -0.317. The number of hydrogen-bond acceptors (Lipinski definition) is 7. The highest BCUT2D eigenvalue weighted by Crippen LogP contribution is 2.26. The maximum Gasteiger partial charge on any atom is 0.335 e. The molecular formula is C22H22ClFN4O5. The lowest BCUT2D eigenvalue weighted by Crippen LogP contribution is -2.41. The Bertz CT molecular complexity index is 1120. The molecule has 1 heterocycles. The number of aliphatic hydroxyl groups is 1. The summed E-state index contributed by atoms with van der Waals surface area (Å²) in [5, 5.41) is 29.3. The largest absolute Gasteiger partial charge is 0.464 e. The average molecular weight is 477 g/mol. The van der Waals surface area contributed by atoms with E-state index in [4.69, 9.17) is 16.3 Å². The zero-order chi connectivity index (χ0) is 24.0. The molecule has 33 heavy (non-hydrogen) atoms. The molecule has 0 fully saturated rings. The van der Waals surface area contributed by atoms with Crippen LogP contribution >= 0.6 is 11.6 Å². The minimum atomic E-state index is -1.45. The topological polar surface area (TPSA) is 127 Å². The summed E-state index contributed by atoms with van der Waals surface area (Å²) in [6.45, 7) is 1.72. The standard InChI is InChI=1S/C22H22ClFN4O5/c1-2-33-22(31)20(29)11-16(25-21(30)19-12-28(32)27-26-19)9-13-3-5-14(6-4-13)17-10-15(23)7-8-18(17)24/h3-8,10,12,16,20,29,32H,2,9,11H2,1H3,(H,25,30)/t16-,20-/m1/s1. The van der Waals surface area contributed by atoms with E-state index in [9.17, 15) is 24.3 Å². The van der Waals surface area contributed by atoms with E-state index in [1.165, 1.54) is 18.2 Å². The first-order chi connectivity index (χ1) is 15.8. The highest BCUT2D eigenvalue weighted by molar-refractivity contribution is 6.30. The van der Waals surface area contributed by atoms with Gasteiger partial charge in [0.15, 0.2) is 11.8 Å². The number of ether oxygens (including phenoxy) is 1. The van der Waals surface area contributed by atoms with E-state index in [0.29, 0.717) is 21.0 Å². The normalized spacial score (nSPS) is 12.7. The van der Waals surface area contributed by atoms with E-state index in [2.05, 4.69) is 15.6 Å². The first kappa shape index (κ1) is 24.1. The van der Waals surface area contributed by atoms with Crippen molar-refractivity contribution in [1.29, 1.82) is 0 Å². The molecule has 0 radical (unpaired) electrons. The van der Waals surface area contributed by atoms with Gasteiger partial charge in [0.2, 0.25) is 0 Å². The molecule has 11 heteroatoms. The second-order valence-corrected chi connectivity index (χ2v) is 7.66. The van der Waals surface area contributed by atoms with Crippen LogP contribution in [0.4, 0.5) is 4.39 Å². The maximum absolute atomic E-state index is 14.1. The van der Waals surface area contributed by atoms with Gasteiger partial charge >= 0.3 is 5.97 Å². The molecule has 1 aromatic heterocycles.